The van der Waals surface area contributed by atoms with Crippen LogP contribution in [0.15, 0.2) is 182 Å². The van der Waals surface area contributed by atoms with Crippen LogP contribution >= 0.6 is 0 Å². The van der Waals surface area contributed by atoms with E-state index in [1.54, 1.807) is 0 Å². The normalized spacial score (nSPS) is 12.1. The van der Waals surface area contributed by atoms with Gasteiger partial charge in [-0.2, -0.15) is 0 Å². The summed E-state index contributed by atoms with van der Waals surface area (Å²) in [5.74, 6) is 0.0371. The van der Waals surface area contributed by atoms with Crippen LogP contribution in [0.3, 0.4) is 0 Å². The number of carbonyl (C=O) groups is 1. The molecule has 0 aliphatic heterocycles. The summed E-state index contributed by atoms with van der Waals surface area (Å²) < 4.78 is 0. The highest BCUT2D eigenvalue weighted by Crippen LogP contribution is 2.55. The maximum Gasteiger partial charge on any atom is 0.193 e. The summed E-state index contributed by atoms with van der Waals surface area (Å²) in [6, 6.07) is 65.1. The molecular weight excluding hydrogens is 653 g/mol. The predicted molar refractivity (Wildman–Crippen MR) is 230 cm³/mol. The van der Waals surface area contributed by atoms with E-state index in [1.807, 2.05) is 36.4 Å². The fourth-order valence-electron chi connectivity index (χ4n) is 9.71. The van der Waals surface area contributed by atoms with E-state index < -0.39 is 0 Å². The van der Waals surface area contributed by atoms with Crippen molar-refractivity contribution >= 4 is 92.0 Å². The molecule has 0 aromatic heterocycles. The standard InChI is InChI=1S/C53H30O/c54-53(33-18-8-3-9-19-33)34-26-27-36-35(28-34)29-44-49-39(36)22-12-25-42(49)51-46(31-14-4-1-5-15-31)45-30-43-38-21-11-10-20-37(38)40-23-13-24-41(48(40)43)50(45)47(52(44)51)32-16-6-2-7-17-32/h1-30H. The van der Waals surface area contributed by atoms with E-state index in [0.717, 1.165) is 10.8 Å². The Bertz CT molecular complexity index is 3470. The lowest BCUT2D eigenvalue weighted by molar-refractivity contribution is 0.103. The Hall–Kier alpha value is -7.09. The molecule has 0 N–H and O–H groups in total. The molecule has 1 nitrogen and oxygen atoms in total. The van der Waals surface area contributed by atoms with Crippen LogP contribution in [0.4, 0.5) is 0 Å². The maximum atomic E-state index is 13.8. The number of benzene rings is 10. The average molecular weight is 683 g/mol. The molecule has 0 spiro atoms. The second-order valence-corrected chi connectivity index (χ2v) is 14.6. The van der Waals surface area contributed by atoms with Gasteiger partial charge in [-0.15, -0.1) is 0 Å². The summed E-state index contributed by atoms with van der Waals surface area (Å²) in [7, 11) is 0. The lowest BCUT2D eigenvalue weighted by Crippen LogP contribution is -2.00. The van der Waals surface area contributed by atoms with Gasteiger partial charge in [-0.3, -0.25) is 4.79 Å². The van der Waals surface area contributed by atoms with E-state index in [4.69, 9.17) is 0 Å². The van der Waals surface area contributed by atoms with Gasteiger partial charge in [-0.05, 0) is 127 Å². The molecule has 1 heteroatoms. The van der Waals surface area contributed by atoms with Crippen molar-refractivity contribution < 1.29 is 4.79 Å². The number of hydrogen-bond acceptors (Lipinski definition) is 1. The Morgan fingerprint density at radius 1 is 0.278 bits per heavy atom. The van der Waals surface area contributed by atoms with Crippen LogP contribution in [0.25, 0.3) is 108 Å². The van der Waals surface area contributed by atoms with E-state index in [-0.39, 0.29) is 5.78 Å². The molecule has 0 radical (unpaired) electrons. The third kappa shape index (κ3) is 3.91. The second kappa shape index (κ2) is 11.0. The van der Waals surface area contributed by atoms with Gasteiger partial charge in [0.25, 0.3) is 0 Å². The molecule has 0 fully saturated rings. The number of fused-ring (bicyclic) bond motifs is 10. The highest BCUT2D eigenvalue weighted by atomic mass is 16.1. The highest BCUT2D eigenvalue weighted by Gasteiger charge is 2.27. The van der Waals surface area contributed by atoms with E-state index in [1.165, 1.54) is 97.7 Å². The molecule has 12 aromatic rings. The Balaban J connectivity index is 1.35. The minimum absolute atomic E-state index is 0.0371. The van der Waals surface area contributed by atoms with Crippen molar-refractivity contribution in [3.8, 4) is 22.3 Å². The van der Waals surface area contributed by atoms with E-state index >= 15 is 0 Å². The molecule has 0 amide bonds. The van der Waals surface area contributed by atoms with Crippen molar-refractivity contribution in [2.75, 3.05) is 0 Å². The van der Waals surface area contributed by atoms with Crippen LogP contribution in [-0.4, -0.2) is 5.78 Å². The molecule has 0 atom stereocenters. The Labute approximate surface area is 311 Å². The van der Waals surface area contributed by atoms with Crippen LogP contribution in [0, 0.1) is 0 Å². The second-order valence-electron chi connectivity index (χ2n) is 14.6. The smallest absolute Gasteiger partial charge is 0.193 e. The van der Waals surface area contributed by atoms with Gasteiger partial charge in [0.1, 0.15) is 0 Å². The molecule has 0 unspecified atom stereocenters. The van der Waals surface area contributed by atoms with Crippen LogP contribution in [0.2, 0.25) is 0 Å². The summed E-state index contributed by atoms with van der Waals surface area (Å²) in [5, 5.41) is 20.1. The van der Waals surface area contributed by atoms with Gasteiger partial charge in [0.15, 0.2) is 5.78 Å². The SMILES string of the molecule is O=C(c1ccccc1)c1ccc2c(c1)cc1c3c(-c4ccccc4)c4c(cc5c6ccccc6c6cccc4c65)c(-c4ccccc4)c3c3cccc2c31. The zero-order valence-corrected chi connectivity index (χ0v) is 29.2. The third-order valence-corrected chi connectivity index (χ3v) is 11.9. The molecule has 0 heterocycles. The Morgan fingerprint density at radius 2 is 0.796 bits per heavy atom. The topological polar surface area (TPSA) is 17.1 Å². The molecule has 12 aromatic carbocycles. The van der Waals surface area contributed by atoms with Crippen LogP contribution < -0.4 is 0 Å². The van der Waals surface area contributed by atoms with Crippen molar-refractivity contribution in [3.05, 3.63) is 193 Å². The average Bonchev–Trinajstić information content (AvgIpc) is 3.74. The molecular formula is C53H30O. The molecule has 0 saturated carbocycles. The van der Waals surface area contributed by atoms with Gasteiger partial charge < -0.3 is 0 Å². The third-order valence-electron chi connectivity index (χ3n) is 11.9. The van der Waals surface area contributed by atoms with Crippen LogP contribution in [0.1, 0.15) is 15.9 Å². The molecule has 0 aliphatic rings. The van der Waals surface area contributed by atoms with E-state index in [0.29, 0.717) is 11.1 Å². The molecule has 0 bridgehead atoms. The summed E-state index contributed by atoms with van der Waals surface area (Å²) >= 11 is 0. The predicted octanol–water partition coefficient (Wildman–Crippen LogP) is 14.4. The number of hydrogen-bond donors (Lipinski definition) is 0. The highest BCUT2D eigenvalue weighted by molar-refractivity contribution is 6.46. The minimum Gasteiger partial charge on any atom is -0.289 e. The van der Waals surface area contributed by atoms with Crippen molar-refractivity contribution in [1.82, 2.24) is 0 Å². The van der Waals surface area contributed by atoms with Gasteiger partial charge in [0.05, 0.1) is 0 Å². The zero-order chi connectivity index (χ0) is 35.5. The molecule has 54 heavy (non-hydrogen) atoms. The van der Waals surface area contributed by atoms with E-state index in [2.05, 4.69) is 146 Å². The van der Waals surface area contributed by atoms with Crippen molar-refractivity contribution in [2.24, 2.45) is 0 Å². The number of carbonyl (C=O) groups excluding carboxylic acids is 1. The maximum absolute atomic E-state index is 13.8. The fraction of sp³-hybridized carbons (Fsp3) is 0. The minimum atomic E-state index is 0.0371. The number of ketones is 1. The van der Waals surface area contributed by atoms with Gasteiger partial charge in [0, 0.05) is 11.1 Å². The molecule has 0 aliphatic carbocycles. The largest absolute Gasteiger partial charge is 0.289 e. The zero-order valence-electron chi connectivity index (χ0n) is 29.2. The van der Waals surface area contributed by atoms with Gasteiger partial charge in [-0.25, -0.2) is 0 Å². The summed E-state index contributed by atoms with van der Waals surface area (Å²) in [6.45, 7) is 0. The lowest BCUT2D eigenvalue weighted by atomic mass is 9.84. The molecule has 248 valence electrons. The fourth-order valence-corrected chi connectivity index (χ4v) is 9.71. The molecule has 0 saturated heterocycles. The van der Waals surface area contributed by atoms with Crippen LogP contribution in [-0.2, 0) is 0 Å². The van der Waals surface area contributed by atoms with Gasteiger partial charge >= 0.3 is 0 Å². The van der Waals surface area contributed by atoms with Crippen molar-refractivity contribution in [2.45, 2.75) is 0 Å². The Kier molecular flexibility index (Phi) is 5.98. The molecule has 12 rings (SSSR count). The first-order valence-electron chi connectivity index (χ1n) is 18.6. The monoisotopic (exact) mass is 682 g/mol. The Morgan fingerprint density at radius 3 is 1.50 bits per heavy atom. The summed E-state index contributed by atoms with van der Waals surface area (Å²) in [6.07, 6.45) is 0. The first kappa shape index (κ1) is 29.5. The van der Waals surface area contributed by atoms with Gasteiger partial charge in [0.2, 0.25) is 0 Å². The lowest BCUT2D eigenvalue weighted by Gasteiger charge is -2.19. The number of rotatable bonds is 4. The van der Waals surface area contributed by atoms with Crippen molar-refractivity contribution in [1.29, 1.82) is 0 Å². The van der Waals surface area contributed by atoms with Crippen molar-refractivity contribution in [3.63, 3.8) is 0 Å². The van der Waals surface area contributed by atoms with Crippen LogP contribution in [0.5, 0.6) is 0 Å². The first-order valence-corrected chi connectivity index (χ1v) is 18.6. The first-order chi connectivity index (χ1) is 26.7. The summed E-state index contributed by atoms with van der Waals surface area (Å²) in [4.78, 5) is 13.8. The van der Waals surface area contributed by atoms with Gasteiger partial charge in [-0.1, -0.05) is 164 Å². The van der Waals surface area contributed by atoms with E-state index in [9.17, 15) is 4.79 Å². The summed E-state index contributed by atoms with van der Waals surface area (Å²) in [5.41, 5.74) is 6.32. The quantitative estimate of drug-likeness (QED) is 0.133.